The number of carbonyl (C=O) groups is 1. The number of hydrogen-bond acceptors (Lipinski definition) is 2. The average Bonchev–Trinajstić information content (AvgIpc) is 3.15. The van der Waals surface area contributed by atoms with Gasteiger partial charge in [0, 0.05) is 11.3 Å². The Balaban J connectivity index is 1.72. The number of rotatable bonds is 3. The second-order valence-corrected chi connectivity index (χ2v) is 7.31. The maximum absolute atomic E-state index is 11.1. The van der Waals surface area contributed by atoms with Crippen LogP contribution in [0.3, 0.4) is 0 Å². The first-order chi connectivity index (χ1) is 14.6. The van der Waals surface area contributed by atoms with E-state index in [4.69, 9.17) is 10.8 Å². The van der Waals surface area contributed by atoms with E-state index in [0.717, 1.165) is 22.6 Å². The van der Waals surface area contributed by atoms with E-state index in [1.54, 1.807) is 0 Å². The van der Waals surface area contributed by atoms with Crippen LogP contribution in [-0.4, -0.2) is 15.8 Å². The van der Waals surface area contributed by atoms with Gasteiger partial charge in [0.1, 0.15) is 0 Å². The van der Waals surface area contributed by atoms with E-state index in [1.165, 1.54) is 21.5 Å². The highest BCUT2D eigenvalue weighted by molar-refractivity contribution is 6.13. The number of primary amides is 1. The third-order valence-corrected chi connectivity index (χ3v) is 5.25. The Labute approximate surface area is 173 Å². The number of nitrogens with one attached hydrogen (secondary N) is 1. The summed E-state index contributed by atoms with van der Waals surface area (Å²) in [5.74, 6) is 0. The minimum absolute atomic E-state index is 0.582. The van der Waals surface area contributed by atoms with Gasteiger partial charge in [-0.2, -0.15) is 5.10 Å². The monoisotopic (exact) mass is 392 g/mol. The molecule has 30 heavy (non-hydrogen) atoms. The van der Waals surface area contributed by atoms with Gasteiger partial charge >= 0.3 is 6.03 Å². The average molecular weight is 392 g/mol. The molecule has 0 aliphatic carbocycles. The van der Waals surface area contributed by atoms with Crippen molar-refractivity contribution < 1.29 is 4.79 Å². The first kappa shape index (κ1) is 17.9. The van der Waals surface area contributed by atoms with Crippen molar-refractivity contribution >= 4 is 33.3 Å². The molecule has 0 unspecified atom stereocenters. The van der Waals surface area contributed by atoms with Crippen molar-refractivity contribution in [3.63, 3.8) is 0 Å². The van der Waals surface area contributed by atoms with E-state index in [1.807, 2.05) is 35.9 Å². The van der Waals surface area contributed by atoms with Gasteiger partial charge in [0.15, 0.2) is 0 Å². The standard InChI is InChI=1S/C25H20N4O/c1-16-14-24(29(28-16)19-12-10-18(11-13-19)27-25(26)30)23-15-17-6-2-3-7-20(17)21-8-4-5-9-22(21)23/h2-15H,1H3,(H3,26,27,30). The van der Waals surface area contributed by atoms with Crippen molar-refractivity contribution in [3.05, 3.63) is 90.6 Å². The van der Waals surface area contributed by atoms with E-state index >= 15 is 0 Å². The van der Waals surface area contributed by atoms with Crippen molar-refractivity contribution in [3.8, 4) is 16.9 Å². The SMILES string of the molecule is Cc1cc(-c2cc3ccccc3c3ccccc23)n(-c2ccc(NC(N)=O)cc2)n1. The second-order valence-electron chi connectivity index (χ2n) is 7.31. The van der Waals surface area contributed by atoms with Crippen LogP contribution in [0, 0.1) is 6.92 Å². The summed E-state index contributed by atoms with van der Waals surface area (Å²) in [5, 5.41) is 12.2. The number of fused-ring (bicyclic) bond motifs is 3. The Morgan fingerprint density at radius 2 is 1.53 bits per heavy atom. The third kappa shape index (κ3) is 3.06. The van der Waals surface area contributed by atoms with Gasteiger partial charge in [-0.15, -0.1) is 0 Å². The molecule has 0 radical (unpaired) electrons. The van der Waals surface area contributed by atoms with Crippen LogP contribution in [-0.2, 0) is 0 Å². The van der Waals surface area contributed by atoms with E-state index < -0.39 is 6.03 Å². The van der Waals surface area contributed by atoms with Crippen LogP contribution in [0.1, 0.15) is 5.69 Å². The lowest BCUT2D eigenvalue weighted by atomic mass is 9.95. The molecule has 5 heteroatoms. The van der Waals surface area contributed by atoms with E-state index in [-0.39, 0.29) is 0 Å². The molecule has 0 spiro atoms. The molecule has 0 atom stereocenters. The summed E-state index contributed by atoms with van der Waals surface area (Å²) in [6.07, 6.45) is 0. The summed E-state index contributed by atoms with van der Waals surface area (Å²) in [4.78, 5) is 11.1. The summed E-state index contributed by atoms with van der Waals surface area (Å²) in [6.45, 7) is 1.99. The fourth-order valence-corrected chi connectivity index (χ4v) is 3.98. The first-order valence-electron chi connectivity index (χ1n) is 9.74. The van der Waals surface area contributed by atoms with Crippen molar-refractivity contribution in [2.75, 3.05) is 5.32 Å². The number of nitrogens with zero attached hydrogens (tertiary/aromatic N) is 2. The smallest absolute Gasteiger partial charge is 0.316 e. The minimum Gasteiger partial charge on any atom is -0.351 e. The summed E-state index contributed by atoms with van der Waals surface area (Å²) in [7, 11) is 0. The number of hydrogen-bond donors (Lipinski definition) is 2. The Morgan fingerprint density at radius 1 is 0.867 bits per heavy atom. The Bertz CT molecular complexity index is 1400. The van der Waals surface area contributed by atoms with Gasteiger partial charge in [-0.3, -0.25) is 0 Å². The number of nitrogens with two attached hydrogens (primary N) is 1. The van der Waals surface area contributed by atoms with Crippen LogP contribution in [0.5, 0.6) is 0 Å². The lowest BCUT2D eigenvalue weighted by Gasteiger charge is -2.13. The molecular weight excluding hydrogens is 372 g/mol. The quantitative estimate of drug-likeness (QED) is 0.390. The van der Waals surface area contributed by atoms with Crippen LogP contribution in [0.4, 0.5) is 10.5 Å². The molecule has 5 rings (SSSR count). The number of urea groups is 1. The molecule has 1 aromatic heterocycles. The molecule has 146 valence electrons. The number of benzene rings is 4. The van der Waals surface area contributed by atoms with Gasteiger partial charge in [0.2, 0.25) is 0 Å². The predicted octanol–water partition coefficient (Wildman–Crippen LogP) is 5.64. The molecule has 1 heterocycles. The van der Waals surface area contributed by atoms with Crippen molar-refractivity contribution in [2.24, 2.45) is 5.73 Å². The largest absolute Gasteiger partial charge is 0.351 e. The van der Waals surface area contributed by atoms with Gasteiger partial charge in [-0.1, -0.05) is 48.5 Å². The van der Waals surface area contributed by atoms with Crippen LogP contribution in [0.15, 0.2) is 84.9 Å². The fourth-order valence-electron chi connectivity index (χ4n) is 3.98. The highest BCUT2D eigenvalue weighted by atomic mass is 16.2. The van der Waals surface area contributed by atoms with Crippen molar-refractivity contribution in [1.82, 2.24) is 9.78 Å². The fraction of sp³-hybridized carbons (Fsp3) is 0.0400. The molecule has 2 amide bonds. The maximum Gasteiger partial charge on any atom is 0.316 e. The predicted molar refractivity (Wildman–Crippen MR) is 122 cm³/mol. The molecule has 0 fully saturated rings. The molecule has 0 aliphatic heterocycles. The van der Waals surface area contributed by atoms with E-state index in [9.17, 15) is 4.79 Å². The van der Waals surface area contributed by atoms with Gasteiger partial charge in [0.05, 0.1) is 17.1 Å². The molecule has 0 saturated carbocycles. The van der Waals surface area contributed by atoms with Crippen LogP contribution in [0.25, 0.3) is 38.5 Å². The zero-order valence-electron chi connectivity index (χ0n) is 16.5. The molecule has 4 aromatic carbocycles. The molecule has 0 aliphatic rings. The van der Waals surface area contributed by atoms with Gasteiger partial charge < -0.3 is 11.1 Å². The molecular formula is C25H20N4O. The minimum atomic E-state index is -0.582. The van der Waals surface area contributed by atoms with Crippen LogP contribution < -0.4 is 11.1 Å². The Kier molecular flexibility index (Phi) is 4.21. The maximum atomic E-state index is 11.1. The number of amides is 2. The van der Waals surface area contributed by atoms with Crippen molar-refractivity contribution in [2.45, 2.75) is 6.92 Å². The lowest BCUT2D eigenvalue weighted by molar-refractivity contribution is 0.259. The summed E-state index contributed by atoms with van der Waals surface area (Å²) in [6, 6.07) is 28.1. The van der Waals surface area contributed by atoms with Crippen LogP contribution >= 0.6 is 0 Å². The highest BCUT2D eigenvalue weighted by Gasteiger charge is 2.15. The molecule has 3 N–H and O–H groups in total. The van der Waals surface area contributed by atoms with Gasteiger partial charge in [0.25, 0.3) is 0 Å². The molecule has 5 aromatic rings. The van der Waals surface area contributed by atoms with Gasteiger partial charge in [-0.25, -0.2) is 9.48 Å². The normalized spacial score (nSPS) is 11.1. The van der Waals surface area contributed by atoms with Crippen molar-refractivity contribution in [1.29, 1.82) is 0 Å². The highest BCUT2D eigenvalue weighted by Crippen LogP contribution is 2.36. The van der Waals surface area contributed by atoms with Gasteiger partial charge in [-0.05, 0) is 64.9 Å². The zero-order valence-corrected chi connectivity index (χ0v) is 16.5. The molecule has 5 nitrogen and oxygen atoms in total. The van der Waals surface area contributed by atoms with Crippen LogP contribution in [0.2, 0.25) is 0 Å². The van der Waals surface area contributed by atoms with E-state index in [2.05, 4.69) is 66.0 Å². The summed E-state index contributed by atoms with van der Waals surface area (Å²) >= 11 is 0. The summed E-state index contributed by atoms with van der Waals surface area (Å²) in [5.41, 5.74) is 9.84. The molecule has 0 saturated heterocycles. The molecule has 0 bridgehead atoms. The topological polar surface area (TPSA) is 72.9 Å². The number of aromatic nitrogens is 2. The number of carbonyl (C=O) groups excluding carboxylic acids is 1. The van der Waals surface area contributed by atoms with E-state index in [0.29, 0.717) is 5.69 Å². The Morgan fingerprint density at radius 3 is 2.27 bits per heavy atom. The zero-order chi connectivity index (χ0) is 20.7. The summed E-state index contributed by atoms with van der Waals surface area (Å²) < 4.78 is 1.94. The second kappa shape index (κ2) is 7.04. The lowest BCUT2D eigenvalue weighted by Crippen LogP contribution is -2.19. The third-order valence-electron chi connectivity index (χ3n) is 5.25. The number of aryl methyl sites for hydroxylation is 1. The first-order valence-corrected chi connectivity index (χ1v) is 9.74. The Hall–Kier alpha value is -4.12. The number of anilines is 1.